The quantitative estimate of drug-likeness (QED) is 0.480. The van der Waals surface area contributed by atoms with E-state index >= 15 is 0 Å². The zero-order chi connectivity index (χ0) is 22.3. The van der Waals surface area contributed by atoms with E-state index in [1.54, 1.807) is 24.3 Å². The van der Waals surface area contributed by atoms with Crippen LogP contribution in [0.25, 0.3) is 0 Å². The molecule has 0 aliphatic carbocycles. The lowest BCUT2D eigenvalue weighted by Gasteiger charge is -2.32. The Kier molecular flexibility index (Phi) is 6.82. The first-order valence-electron chi connectivity index (χ1n) is 10.9. The molecule has 164 valence electrons. The zero-order valence-corrected chi connectivity index (χ0v) is 18.0. The van der Waals surface area contributed by atoms with Gasteiger partial charge in [0.25, 0.3) is 0 Å². The summed E-state index contributed by atoms with van der Waals surface area (Å²) >= 11 is 0. The highest BCUT2D eigenvalue weighted by Crippen LogP contribution is 2.26. The Morgan fingerprint density at radius 2 is 1.41 bits per heavy atom. The number of nitrogens with zero attached hydrogens (tertiary/aromatic N) is 2. The average Bonchev–Trinajstić information content (AvgIpc) is 2.83. The van der Waals surface area contributed by atoms with Gasteiger partial charge >= 0.3 is 11.8 Å². The van der Waals surface area contributed by atoms with E-state index in [1.165, 1.54) is 10.5 Å². The Balaban J connectivity index is 1.39. The van der Waals surface area contributed by atoms with Crippen LogP contribution in [0, 0.1) is 0 Å². The van der Waals surface area contributed by atoms with Gasteiger partial charge in [-0.3, -0.25) is 19.4 Å². The van der Waals surface area contributed by atoms with E-state index in [0.29, 0.717) is 17.1 Å². The number of anilines is 3. The van der Waals surface area contributed by atoms with Crippen LogP contribution >= 0.6 is 0 Å². The molecule has 1 aliphatic rings. The molecule has 0 spiro atoms. The monoisotopic (exact) mass is 428 g/mol. The molecule has 0 radical (unpaired) electrons. The Bertz CT molecular complexity index is 1030. The number of nitrogens with one attached hydrogen (secondary N) is 1. The van der Waals surface area contributed by atoms with Crippen molar-refractivity contribution in [3.63, 3.8) is 0 Å². The molecule has 4 rings (SSSR count). The fourth-order valence-electron chi connectivity index (χ4n) is 4.01. The summed E-state index contributed by atoms with van der Waals surface area (Å²) in [5, 5.41) is 2.95. The van der Waals surface area contributed by atoms with E-state index in [9.17, 15) is 9.59 Å². The number of benzene rings is 3. The number of amides is 2. The van der Waals surface area contributed by atoms with Crippen molar-refractivity contribution in [2.45, 2.75) is 25.4 Å². The van der Waals surface area contributed by atoms with Crippen LogP contribution in [-0.2, 0) is 16.1 Å². The summed E-state index contributed by atoms with van der Waals surface area (Å²) in [6.07, 6.45) is 1.64. The molecule has 0 unspecified atom stereocenters. The third-order valence-corrected chi connectivity index (χ3v) is 5.73. The second kappa shape index (κ2) is 10.1. The Labute approximate surface area is 188 Å². The lowest BCUT2D eigenvalue weighted by atomic mass is 10.0. The smallest absolute Gasteiger partial charge is 0.320 e. The maximum atomic E-state index is 13.2. The van der Waals surface area contributed by atoms with Crippen LogP contribution in [0.15, 0.2) is 84.9 Å². The standard InChI is InChI=1S/C26H28N4O2/c27-21-11-13-24(14-12-21)30(23-9-5-2-6-10-23)26(32)25(31)28-22-15-17-29(18-16-22)19-20-7-3-1-4-8-20/h1-14,22H,15-19,27H2,(H,28,31). The molecule has 6 nitrogen and oxygen atoms in total. The first-order chi connectivity index (χ1) is 15.6. The van der Waals surface area contributed by atoms with Crippen molar-refractivity contribution in [1.82, 2.24) is 10.2 Å². The van der Waals surface area contributed by atoms with Gasteiger partial charge in [0, 0.05) is 42.7 Å². The minimum absolute atomic E-state index is 0.0116. The molecule has 0 aromatic heterocycles. The second-order valence-corrected chi connectivity index (χ2v) is 8.08. The maximum absolute atomic E-state index is 13.2. The number of nitrogens with two attached hydrogens (primary N) is 1. The molecule has 3 N–H and O–H groups in total. The summed E-state index contributed by atoms with van der Waals surface area (Å²) in [6, 6.07) is 26.5. The van der Waals surface area contributed by atoms with Gasteiger partial charge in [0.2, 0.25) is 0 Å². The molecule has 6 heteroatoms. The largest absolute Gasteiger partial charge is 0.399 e. The third-order valence-electron chi connectivity index (χ3n) is 5.73. The Morgan fingerprint density at radius 3 is 2.03 bits per heavy atom. The van der Waals surface area contributed by atoms with Crippen LogP contribution in [-0.4, -0.2) is 35.8 Å². The van der Waals surface area contributed by atoms with Gasteiger partial charge in [0.15, 0.2) is 0 Å². The summed E-state index contributed by atoms with van der Waals surface area (Å²) in [4.78, 5) is 29.9. The fraction of sp³-hybridized carbons (Fsp3) is 0.231. The first-order valence-corrected chi connectivity index (χ1v) is 10.9. The molecule has 1 saturated heterocycles. The normalized spacial score (nSPS) is 14.6. The van der Waals surface area contributed by atoms with E-state index in [1.807, 2.05) is 48.5 Å². The number of piperidine rings is 1. The predicted molar refractivity (Wildman–Crippen MR) is 127 cm³/mol. The SMILES string of the molecule is Nc1ccc(N(C(=O)C(=O)NC2CCN(Cc3ccccc3)CC2)c2ccccc2)cc1. The molecule has 1 aliphatic heterocycles. The van der Waals surface area contributed by atoms with Gasteiger partial charge < -0.3 is 11.1 Å². The number of likely N-dealkylation sites (tertiary alicyclic amines) is 1. The van der Waals surface area contributed by atoms with Crippen molar-refractivity contribution in [2.75, 3.05) is 23.7 Å². The first kappa shape index (κ1) is 21.6. The highest BCUT2D eigenvalue weighted by atomic mass is 16.2. The van der Waals surface area contributed by atoms with Gasteiger partial charge in [-0.1, -0.05) is 48.5 Å². The number of carbonyl (C=O) groups excluding carboxylic acids is 2. The van der Waals surface area contributed by atoms with E-state index in [0.717, 1.165) is 32.5 Å². The molecule has 3 aromatic carbocycles. The highest BCUT2D eigenvalue weighted by molar-refractivity contribution is 6.42. The Morgan fingerprint density at radius 1 is 0.844 bits per heavy atom. The fourth-order valence-corrected chi connectivity index (χ4v) is 4.01. The molecule has 32 heavy (non-hydrogen) atoms. The second-order valence-electron chi connectivity index (χ2n) is 8.08. The molecular formula is C26H28N4O2. The average molecular weight is 429 g/mol. The summed E-state index contributed by atoms with van der Waals surface area (Å²) in [7, 11) is 0. The number of rotatable bonds is 5. The summed E-state index contributed by atoms with van der Waals surface area (Å²) in [5.74, 6) is -1.19. The van der Waals surface area contributed by atoms with Crippen molar-refractivity contribution in [3.8, 4) is 0 Å². The molecule has 0 saturated carbocycles. The molecule has 0 bridgehead atoms. The lowest BCUT2D eigenvalue weighted by molar-refractivity contribution is -0.137. The number of nitrogen functional groups attached to an aromatic ring is 1. The molecule has 2 amide bonds. The van der Waals surface area contributed by atoms with Gasteiger partial charge in [-0.05, 0) is 54.8 Å². The van der Waals surface area contributed by atoms with E-state index in [4.69, 9.17) is 5.73 Å². The molecule has 1 fully saturated rings. The zero-order valence-electron chi connectivity index (χ0n) is 18.0. The number of para-hydroxylation sites is 1. The minimum atomic E-state index is -0.604. The number of hydrogen-bond donors (Lipinski definition) is 2. The molecule has 0 atom stereocenters. The Hall–Kier alpha value is -3.64. The molecular weight excluding hydrogens is 400 g/mol. The third kappa shape index (κ3) is 5.34. The van der Waals surface area contributed by atoms with Gasteiger partial charge in [-0.2, -0.15) is 0 Å². The van der Waals surface area contributed by atoms with Crippen LogP contribution < -0.4 is 16.0 Å². The van der Waals surface area contributed by atoms with E-state index in [2.05, 4.69) is 22.3 Å². The summed E-state index contributed by atoms with van der Waals surface area (Å²) in [6.45, 7) is 2.67. The van der Waals surface area contributed by atoms with E-state index < -0.39 is 11.8 Å². The van der Waals surface area contributed by atoms with Gasteiger partial charge in [-0.15, -0.1) is 0 Å². The highest BCUT2D eigenvalue weighted by Gasteiger charge is 2.28. The van der Waals surface area contributed by atoms with Gasteiger partial charge in [-0.25, -0.2) is 0 Å². The maximum Gasteiger partial charge on any atom is 0.320 e. The summed E-state index contributed by atoms with van der Waals surface area (Å²) < 4.78 is 0. The van der Waals surface area contributed by atoms with Crippen LogP contribution in [0.4, 0.5) is 17.1 Å². The van der Waals surface area contributed by atoms with Gasteiger partial charge in [0.05, 0.1) is 0 Å². The lowest BCUT2D eigenvalue weighted by Crippen LogP contribution is -2.49. The minimum Gasteiger partial charge on any atom is -0.399 e. The number of carbonyl (C=O) groups is 2. The van der Waals surface area contributed by atoms with Crippen molar-refractivity contribution < 1.29 is 9.59 Å². The molecule has 3 aromatic rings. The predicted octanol–water partition coefficient (Wildman–Crippen LogP) is 3.71. The van der Waals surface area contributed by atoms with Crippen LogP contribution in [0.2, 0.25) is 0 Å². The van der Waals surface area contributed by atoms with Crippen LogP contribution in [0.3, 0.4) is 0 Å². The molecule has 1 heterocycles. The van der Waals surface area contributed by atoms with Crippen molar-refractivity contribution >= 4 is 28.9 Å². The van der Waals surface area contributed by atoms with E-state index in [-0.39, 0.29) is 6.04 Å². The summed E-state index contributed by atoms with van der Waals surface area (Å²) in [5.41, 5.74) is 8.92. The van der Waals surface area contributed by atoms with Gasteiger partial charge in [0.1, 0.15) is 0 Å². The number of hydrogen-bond acceptors (Lipinski definition) is 4. The van der Waals surface area contributed by atoms with Crippen molar-refractivity contribution in [1.29, 1.82) is 0 Å². The topological polar surface area (TPSA) is 78.7 Å². The van der Waals surface area contributed by atoms with Crippen molar-refractivity contribution in [2.24, 2.45) is 0 Å². The van der Waals surface area contributed by atoms with Crippen molar-refractivity contribution in [3.05, 3.63) is 90.5 Å². The van der Waals surface area contributed by atoms with Crippen LogP contribution in [0.1, 0.15) is 18.4 Å². The van der Waals surface area contributed by atoms with Crippen LogP contribution in [0.5, 0.6) is 0 Å².